The molecule has 8 nitrogen and oxygen atoms in total. The van der Waals surface area contributed by atoms with E-state index in [0.717, 1.165) is 0 Å². The summed E-state index contributed by atoms with van der Waals surface area (Å²) in [5.74, 6) is -1.18. The molecule has 1 aromatic carbocycles. The number of oxazole rings is 1. The van der Waals surface area contributed by atoms with Crippen LogP contribution in [-0.2, 0) is 20.7 Å². The summed E-state index contributed by atoms with van der Waals surface area (Å²) in [6.07, 6.45) is 0.574. The number of aromatic amines is 1. The summed E-state index contributed by atoms with van der Waals surface area (Å²) in [6, 6.07) is 5.76. The topological polar surface area (TPSA) is 111 Å². The molecular formula is C23H23FN2O6. The zero-order valence-corrected chi connectivity index (χ0v) is 18.2. The van der Waals surface area contributed by atoms with Crippen molar-refractivity contribution in [1.29, 1.82) is 0 Å². The molecule has 0 radical (unpaired) electrons. The molecule has 0 fully saturated rings. The smallest absolute Gasteiger partial charge is 0.339 e. The Labute approximate surface area is 183 Å². The molecule has 0 aliphatic heterocycles. The molecule has 0 bridgehead atoms. The third-order valence-corrected chi connectivity index (χ3v) is 4.98. The van der Waals surface area contributed by atoms with Crippen molar-refractivity contribution in [2.24, 2.45) is 0 Å². The number of nitrogens with zero attached hydrogens (tertiary/aromatic N) is 1. The number of carbonyl (C=O) groups is 3. The van der Waals surface area contributed by atoms with Crippen molar-refractivity contribution < 1.29 is 32.7 Å². The number of esters is 2. The van der Waals surface area contributed by atoms with Crippen molar-refractivity contribution in [3.05, 3.63) is 64.7 Å². The van der Waals surface area contributed by atoms with Gasteiger partial charge in [-0.15, -0.1) is 0 Å². The number of Topliss-reactive ketones (excluding diaryl/α,β-unsaturated/α-hetero) is 1. The van der Waals surface area contributed by atoms with Gasteiger partial charge >= 0.3 is 11.9 Å². The number of rotatable bonds is 8. The molecule has 32 heavy (non-hydrogen) atoms. The first-order chi connectivity index (χ1) is 15.2. The molecule has 0 aliphatic rings. The third-order valence-electron chi connectivity index (χ3n) is 4.98. The second-order valence-electron chi connectivity index (χ2n) is 7.24. The van der Waals surface area contributed by atoms with E-state index in [2.05, 4.69) is 9.97 Å². The zero-order chi connectivity index (χ0) is 23.4. The number of benzene rings is 1. The summed E-state index contributed by atoms with van der Waals surface area (Å²) in [7, 11) is 1.26. The monoisotopic (exact) mass is 442 g/mol. The minimum atomic E-state index is -1.05. The lowest BCUT2D eigenvalue weighted by atomic mass is 10.1. The van der Waals surface area contributed by atoms with Crippen LogP contribution in [0.4, 0.5) is 4.39 Å². The highest BCUT2D eigenvalue weighted by atomic mass is 19.1. The number of hydrogen-bond donors (Lipinski definition) is 1. The lowest BCUT2D eigenvalue weighted by Crippen LogP contribution is -2.25. The molecule has 3 aromatic rings. The quantitative estimate of drug-likeness (QED) is 0.415. The maximum atomic E-state index is 13.0. The summed E-state index contributed by atoms with van der Waals surface area (Å²) >= 11 is 0. The molecule has 0 amide bonds. The molecule has 0 saturated carbocycles. The Morgan fingerprint density at radius 3 is 2.53 bits per heavy atom. The standard InChI is InChI=1S/C23H23FN2O6/c1-12-20(23(29)30-4)13(2)26-21(12)22(28)14(3)31-19(27)10-9-18-25-11-17(32-18)15-5-7-16(24)8-6-15/h5-8,11,14,26H,9-10H2,1-4H3/t14-/m0/s1. The maximum Gasteiger partial charge on any atom is 0.339 e. The van der Waals surface area contributed by atoms with Gasteiger partial charge in [0.1, 0.15) is 5.82 Å². The molecule has 2 heterocycles. The van der Waals surface area contributed by atoms with E-state index < -0.39 is 23.8 Å². The van der Waals surface area contributed by atoms with Crippen LogP contribution in [0, 0.1) is 19.7 Å². The van der Waals surface area contributed by atoms with E-state index in [1.165, 1.54) is 32.4 Å². The van der Waals surface area contributed by atoms with E-state index in [4.69, 9.17) is 13.9 Å². The predicted molar refractivity (Wildman–Crippen MR) is 112 cm³/mol. The molecule has 9 heteroatoms. The van der Waals surface area contributed by atoms with Crippen molar-refractivity contribution in [3.63, 3.8) is 0 Å². The van der Waals surface area contributed by atoms with Crippen LogP contribution in [0.3, 0.4) is 0 Å². The lowest BCUT2D eigenvalue weighted by Gasteiger charge is -2.12. The van der Waals surface area contributed by atoms with Crippen LogP contribution in [0.15, 0.2) is 34.9 Å². The number of methoxy groups -OCH3 is 1. The largest absolute Gasteiger partial charge is 0.465 e. The Kier molecular flexibility index (Phi) is 6.87. The van der Waals surface area contributed by atoms with Gasteiger partial charge in [-0.3, -0.25) is 9.59 Å². The Hall–Kier alpha value is -3.75. The van der Waals surface area contributed by atoms with Crippen LogP contribution >= 0.6 is 0 Å². The fraction of sp³-hybridized carbons (Fsp3) is 0.304. The van der Waals surface area contributed by atoms with Crippen molar-refractivity contribution in [2.75, 3.05) is 7.11 Å². The Morgan fingerprint density at radius 1 is 1.19 bits per heavy atom. The van der Waals surface area contributed by atoms with Gasteiger partial charge in [-0.2, -0.15) is 0 Å². The highest BCUT2D eigenvalue weighted by molar-refractivity contribution is 6.03. The van der Waals surface area contributed by atoms with E-state index in [9.17, 15) is 18.8 Å². The van der Waals surface area contributed by atoms with Crippen molar-refractivity contribution in [1.82, 2.24) is 9.97 Å². The summed E-state index contributed by atoms with van der Waals surface area (Å²) in [5.41, 5.74) is 2.08. The maximum absolute atomic E-state index is 13.0. The molecular weight excluding hydrogens is 419 g/mol. The number of nitrogens with one attached hydrogen (secondary N) is 1. The number of H-pyrrole nitrogens is 1. The molecule has 0 aliphatic carbocycles. The number of ketones is 1. The zero-order valence-electron chi connectivity index (χ0n) is 18.2. The molecule has 0 unspecified atom stereocenters. The van der Waals surface area contributed by atoms with Gasteiger partial charge in [0.2, 0.25) is 5.78 Å². The number of carbonyl (C=O) groups excluding carboxylic acids is 3. The fourth-order valence-corrected chi connectivity index (χ4v) is 3.30. The normalized spacial score (nSPS) is 11.8. The molecule has 0 saturated heterocycles. The number of halogens is 1. The number of aryl methyl sites for hydroxylation is 2. The van der Waals surface area contributed by atoms with Gasteiger partial charge in [0.25, 0.3) is 0 Å². The second-order valence-corrected chi connectivity index (χ2v) is 7.24. The number of hydrogen-bond acceptors (Lipinski definition) is 7. The van der Waals surface area contributed by atoms with Gasteiger partial charge in [0, 0.05) is 17.7 Å². The highest BCUT2D eigenvalue weighted by Gasteiger charge is 2.27. The van der Waals surface area contributed by atoms with Crippen molar-refractivity contribution in [3.8, 4) is 11.3 Å². The molecule has 0 spiro atoms. The minimum Gasteiger partial charge on any atom is -0.465 e. The van der Waals surface area contributed by atoms with Crippen LogP contribution in [0.1, 0.15) is 51.3 Å². The van der Waals surface area contributed by atoms with Crippen molar-refractivity contribution >= 4 is 17.7 Å². The van der Waals surface area contributed by atoms with Crippen LogP contribution in [0.5, 0.6) is 0 Å². The number of ether oxygens (including phenoxy) is 2. The highest BCUT2D eigenvalue weighted by Crippen LogP contribution is 2.22. The second kappa shape index (κ2) is 9.59. The first-order valence-corrected chi connectivity index (χ1v) is 9.93. The first-order valence-electron chi connectivity index (χ1n) is 9.93. The van der Waals surface area contributed by atoms with Gasteiger partial charge in [-0.1, -0.05) is 0 Å². The summed E-state index contributed by atoms with van der Waals surface area (Å²) < 4.78 is 28.6. The molecule has 168 valence electrons. The van der Waals surface area contributed by atoms with Crippen LogP contribution in [0.25, 0.3) is 11.3 Å². The molecule has 3 rings (SSSR count). The van der Waals surface area contributed by atoms with E-state index in [1.807, 2.05) is 0 Å². The third kappa shape index (κ3) is 4.93. The average Bonchev–Trinajstić information content (AvgIpc) is 3.36. The van der Waals surface area contributed by atoms with E-state index in [0.29, 0.717) is 28.5 Å². The van der Waals surface area contributed by atoms with Crippen LogP contribution in [-0.4, -0.2) is 40.9 Å². The van der Waals surface area contributed by atoms with E-state index in [-0.39, 0.29) is 29.9 Å². The van der Waals surface area contributed by atoms with Gasteiger partial charge < -0.3 is 18.9 Å². The summed E-state index contributed by atoms with van der Waals surface area (Å²) in [4.78, 5) is 43.8. The van der Waals surface area contributed by atoms with Gasteiger partial charge in [-0.25, -0.2) is 14.2 Å². The van der Waals surface area contributed by atoms with Crippen molar-refractivity contribution in [2.45, 2.75) is 39.7 Å². The lowest BCUT2D eigenvalue weighted by molar-refractivity contribution is -0.146. The first kappa shape index (κ1) is 22.9. The van der Waals surface area contributed by atoms with Gasteiger partial charge in [0.05, 0.1) is 31.0 Å². The van der Waals surface area contributed by atoms with E-state index >= 15 is 0 Å². The van der Waals surface area contributed by atoms with Crippen LogP contribution in [0.2, 0.25) is 0 Å². The molecule has 1 N–H and O–H groups in total. The van der Waals surface area contributed by atoms with E-state index in [1.54, 1.807) is 26.0 Å². The fourth-order valence-electron chi connectivity index (χ4n) is 3.30. The molecule has 1 atom stereocenters. The number of aromatic nitrogens is 2. The average molecular weight is 442 g/mol. The van der Waals surface area contributed by atoms with Gasteiger partial charge in [0.15, 0.2) is 17.8 Å². The Balaban J connectivity index is 1.58. The summed E-state index contributed by atoms with van der Waals surface area (Å²) in [5, 5.41) is 0. The van der Waals surface area contributed by atoms with Gasteiger partial charge in [-0.05, 0) is 50.6 Å². The predicted octanol–water partition coefficient (Wildman–Crippen LogP) is 3.96. The molecule has 2 aromatic heterocycles. The van der Waals surface area contributed by atoms with Crippen LogP contribution < -0.4 is 0 Å². The Morgan fingerprint density at radius 2 is 1.88 bits per heavy atom. The minimum absolute atomic E-state index is 0.0445. The SMILES string of the molecule is COC(=O)c1c(C)[nH]c(C(=O)[C@H](C)OC(=O)CCc2ncc(-c3ccc(F)cc3)o2)c1C. The summed E-state index contributed by atoms with van der Waals surface area (Å²) in [6.45, 7) is 4.74. The Bertz CT molecular complexity index is 1150.